The van der Waals surface area contributed by atoms with Crippen LogP contribution in [0.4, 0.5) is 0 Å². The van der Waals surface area contributed by atoms with E-state index in [4.69, 9.17) is 9.47 Å². The number of hydrogen-bond donors (Lipinski definition) is 3. The Labute approximate surface area is 158 Å². The first-order chi connectivity index (χ1) is 13.0. The van der Waals surface area contributed by atoms with Crippen LogP contribution in [0.1, 0.15) is 13.3 Å². The number of phenols is 1. The molecule has 0 radical (unpaired) electrons. The van der Waals surface area contributed by atoms with Gasteiger partial charge in [-0.2, -0.15) is 0 Å². The monoisotopic (exact) mass is 372 g/mol. The van der Waals surface area contributed by atoms with Crippen molar-refractivity contribution in [3.8, 4) is 17.2 Å². The largest absolute Gasteiger partial charge is 0.508 e. The SMILES string of the molecule is CC(Oc1ccc(O)cc1)C(=O)NCCNC(=O)CCOc1ccccc1. The van der Waals surface area contributed by atoms with Crippen LogP contribution >= 0.6 is 0 Å². The summed E-state index contributed by atoms with van der Waals surface area (Å²) in [6, 6.07) is 15.4. The van der Waals surface area contributed by atoms with Gasteiger partial charge in [0.25, 0.3) is 5.91 Å². The Bertz CT molecular complexity index is 719. The highest BCUT2D eigenvalue weighted by molar-refractivity contribution is 5.80. The van der Waals surface area contributed by atoms with Crippen molar-refractivity contribution < 1.29 is 24.2 Å². The summed E-state index contributed by atoms with van der Waals surface area (Å²) in [6.07, 6.45) is -0.451. The summed E-state index contributed by atoms with van der Waals surface area (Å²) < 4.78 is 10.9. The first-order valence-electron chi connectivity index (χ1n) is 8.72. The number of carbonyl (C=O) groups excluding carboxylic acids is 2. The molecule has 0 bridgehead atoms. The summed E-state index contributed by atoms with van der Waals surface area (Å²) in [7, 11) is 0. The Morgan fingerprint density at radius 2 is 1.63 bits per heavy atom. The third kappa shape index (κ3) is 7.68. The number of ether oxygens (including phenoxy) is 2. The average molecular weight is 372 g/mol. The lowest BCUT2D eigenvalue weighted by Crippen LogP contribution is -2.40. The van der Waals surface area contributed by atoms with Gasteiger partial charge in [0.05, 0.1) is 13.0 Å². The Kier molecular flexibility index (Phi) is 7.96. The van der Waals surface area contributed by atoms with Gasteiger partial charge in [0.2, 0.25) is 5.91 Å². The van der Waals surface area contributed by atoms with Crippen LogP contribution in [0, 0.1) is 0 Å². The van der Waals surface area contributed by atoms with E-state index in [0.717, 1.165) is 5.75 Å². The van der Waals surface area contributed by atoms with Crippen LogP contribution in [0.2, 0.25) is 0 Å². The molecule has 0 fully saturated rings. The lowest BCUT2D eigenvalue weighted by Gasteiger charge is -2.15. The van der Waals surface area contributed by atoms with E-state index in [1.807, 2.05) is 30.3 Å². The molecule has 2 aromatic carbocycles. The minimum Gasteiger partial charge on any atom is -0.508 e. The second-order valence-electron chi connectivity index (χ2n) is 5.81. The van der Waals surface area contributed by atoms with Crippen molar-refractivity contribution in [3.63, 3.8) is 0 Å². The van der Waals surface area contributed by atoms with E-state index in [1.54, 1.807) is 19.1 Å². The van der Waals surface area contributed by atoms with E-state index in [-0.39, 0.29) is 24.0 Å². The molecule has 1 unspecified atom stereocenters. The maximum atomic E-state index is 12.0. The van der Waals surface area contributed by atoms with Crippen LogP contribution in [0.15, 0.2) is 54.6 Å². The van der Waals surface area contributed by atoms with Crippen LogP contribution < -0.4 is 20.1 Å². The third-order valence-electron chi connectivity index (χ3n) is 3.61. The summed E-state index contributed by atoms with van der Waals surface area (Å²) in [5, 5.41) is 14.6. The van der Waals surface area contributed by atoms with Crippen LogP contribution in [0.5, 0.6) is 17.2 Å². The Morgan fingerprint density at radius 3 is 2.33 bits per heavy atom. The second kappa shape index (κ2) is 10.7. The lowest BCUT2D eigenvalue weighted by atomic mass is 10.3. The van der Waals surface area contributed by atoms with Gasteiger partial charge < -0.3 is 25.2 Å². The highest BCUT2D eigenvalue weighted by Gasteiger charge is 2.14. The van der Waals surface area contributed by atoms with Crippen LogP contribution in [-0.4, -0.2) is 42.7 Å². The van der Waals surface area contributed by atoms with E-state index in [1.165, 1.54) is 12.1 Å². The van der Waals surface area contributed by atoms with Gasteiger partial charge in [0.15, 0.2) is 6.10 Å². The normalized spacial score (nSPS) is 11.3. The fraction of sp³-hybridized carbons (Fsp3) is 0.300. The molecule has 2 aromatic rings. The van der Waals surface area contributed by atoms with Gasteiger partial charge in [-0.15, -0.1) is 0 Å². The van der Waals surface area contributed by atoms with Gasteiger partial charge in [-0.1, -0.05) is 18.2 Å². The molecule has 0 aromatic heterocycles. The van der Waals surface area contributed by atoms with Crippen LogP contribution in [0.25, 0.3) is 0 Å². The minimum absolute atomic E-state index is 0.129. The molecule has 144 valence electrons. The van der Waals surface area contributed by atoms with Crippen LogP contribution in [-0.2, 0) is 9.59 Å². The quantitative estimate of drug-likeness (QED) is 0.553. The predicted octanol–water partition coefficient (Wildman–Crippen LogP) is 1.86. The van der Waals surface area contributed by atoms with Crippen molar-refractivity contribution in [1.82, 2.24) is 10.6 Å². The molecular formula is C20H24N2O5. The molecule has 3 N–H and O–H groups in total. The van der Waals surface area contributed by atoms with Crippen molar-refractivity contribution >= 4 is 11.8 Å². The first-order valence-corrected chi connectivity index (χ1v) is 8.72. The van der Waals surface area contributed by atoms with Gasteiger partial charge in [-0.3, -0.25) is 9.59 Å². The zero-order valence-electron chi connectivity index (χ0n) is 15.2. The molecule has 0 heterocycles. The third-order valence-corrected chi connectivity index (χ3v) is 3.61. The smallest absolute Gasteiger partial charge is 0.260 e. The number of amides is 2. The zero-order chi connectivity index (χ0) is 19.5. The topological polar surface area (TPSA) is 96.9 Å². The number of hydrogen-bond acceptors (Lipinski definition) is 5. The van der Waals surface area contributed by atoms with E-state index in [0.29, 0.717) is 25.4 Å². The maximum Gasteiger partial charge on any atom is 0.260 e. The number of nitrogens with one attached hydrogen (secondary N) is 2. The van der Waals surface area contributed by atoms with E-state index in [2.05, 4.69) is 10.6 Å². The summed E-state index contributed by atoms with van der Waals surface area (Å²) in [5.74, 6) is 0.907. The number of carbonyl (C=O) groups is 2. The molecule has 2 rings (SSSR count). The molecule has 0 aliphatic rings. The van der Waals surface area contributed by atoms with Gasteiger partial charge in [-0.05, 0) is 43.3 Å². The van der Waals surface area contributed by atoms with Crippen molar-refractivity contribution in [2.24, 2.45) is 0 Å². The van der Waals surface area contributed by atoms with Crippen molar-refractivity contribution in [3.05, 3.63) is 54.6 Å². The van der Waals surface area contributed by atoms with Crippen LogP contribution in [0.3, 0.4) is 0 Å². The number of aromatic hydroxyl groups is 1. The highest BCUT2D eigenvalue weighted by atomic mass is 16.5. The first kappa shape index (κ1) is 20.1. The molecule has 27 heavy (non-hydrogen) atoms. The molecular weight excluding hydrogens is 348 g/mol. The van der Waals surface area contributed by atoms with E-state index < -0.39 is 6.10 Å². The molecule has 7 heteroatoms. The Balaban J connectivity index is 1.56. The molecule has 7 nitrogen and oxygen atoms in total. The predicted molar refractivity (Wildman–Crippen MR) is 101 cm³/mol. The zero-order valence-corrected chi connectivity index (χ0v) is 15.2. The van der Waals surface area contributed by atoms with Gasteiger partial charge in [-0.25, -0.2) is 0 Å². The molecule has 2 amide bonds. The fourth-order valence-corrected chi connectivity index (χ4v) is 2.18. The lowest BCUT2D eigenvalue weighted by molar-refractivity contribution is -0.127. The van der Waals surface area contributed by atoms with E-state index >= 15 is 0 Å². The average Bonchev–Trinajstić information content (AvgIpc) is 2.67. The molecule has 0 spiro atoms. The summed E-state index contributed by atoms with van der Waals surface area (Å²) in [5.41, 5.74) is 0. The molecule has 1 atom stereocenters. The molecule has 0 aliphatic heterocycles. The number of phenolic OH excluding ortho intramolecular Hbond substituents is 1. The van der Waals surface area contributed by atoms with Gasteiger partial charge in [0, 0.05) is 13.1 Å². The summed E-state index contributed by atoms with van der Waals surface area (Å²) in [6.45, 7) is 2.54. The molecule has 0 aliphatic carbocycles. The van der Waals surface area contributed by atoms with Crippen molar-refractivity contribution in [2.75, 3.05) is 19.7 Å². The summed E-state index contributed by atoms with van der Waals surface area (Å²) >= 11 is 0. The highest BCUT2D eigenvalue weighted by Crippen LogP contribution is 2.17. The standard InChI is InChI=1S/C20H24N2O5/c1-15(27-18-9-7-16(23)8-10-18)20(25)22-13-12-21-19(24)11-14-26-17-5-3-2-4-6-17/h2-10,15,23H,11-14H2,1H3,(H,21,24)(H,22,25). The van der Waals surface area contributed by atoms with Gasteiger partial charge in [0.1, 0.15) is 17.2 Å². The van der Waals surface area contributed by atoms with E-state index in [9.17, 15) is 14.7 Å². The summed E-state index contributed by atoms with van der Waals surface area (Å²) in [4.78, 5) is 23.7. The van der Waals surface area contributed by atoms with Crippen molar-refractivity contribution in [2.45, 2.75) is 19.4 Å². The Hall–Kier alpha value is -3.22. The minimum atomic E-state index is -0.690. The number of benzene rings is 2. The molecule has 0 saturated heterocycles. The van der Waals surface area contributed by atoms with Gasteiger partial charge >= 0.3 is 0 Å². The Morgan fingerprint density at radius 1 is 0.963 bits per heavy atom. The number of para-hydroxylation sites is 1. The number of rotatable bonds is 10. The maximum absolute atomic E-state index is 12.0. The second-order valence-corrected chi connectivity index (χ2v) is 5.81. The van der Waals surface area contributed by atoms with Crippen molar-refractivity contribution in [1.29, 1.82) is 0 Å². The fourth-order valence-electron chi connectivity index (χ4n) is 2.18. The molecule has 0 saturated carbocycles.